The minimum absolute atomic E-state index is 0.222. The molecular weight excluding hydrogens is 304 g/mol. The summed E-state index contributed by atoms with van der Waals surface area (Å²) in [6, 6.07) is 8.11. The smallest absolute Gasteiger partial charge is 0.178 e. The molecule has 4 rings (SSSR count). The van der Waals surface area contributed by atoms with Crippen LogP contribution in [0.25, 0.3) is 5.65 Å². The lowest BCUT2D eigenvalue weighted by molar-refractivity contribution is 0.152. The number of piperidine rings is 1. The van der Waals surface area contributed by atoms with Crippen molar-refractivity contribution in [3.05, 3.63) is 42.1 Å². The topological polar surface area (TPSA) is 71.5 Å². The summed E-state index contributed by atoms with van der Waals surface area (Å²) in [6.45, 7) is 4.89. The van der Waals surface area contributed by atoms with Gasteiger partial charge in [-0.05, 0) is 57.1 Å². The minimum Gasteiger partial charge on any atom is -0.468 e. The molecule has 24 heavy (non-hydrogen) atoms. The maximum Gasteiger partial charge on any atom is 0.178 e. The first-order valence-corrected chi connectivity index (χ1v) is 8.52. The number of aryl methyl sites for hydroxylation is 1. The zero-order valence-electron chi connectivity index (χ0n) is 13.9. The lowest BCUT2D eigenvalue weighted by atomic mass is 10.1. The number of hydrogen-bond donors (Lipinski definition) is 1. The normalized spacial score (nSPS) is 17.2. The van der Waals surface area contributed by atoms with Crippen LogP contribution in [0.1, 0.15) is 36.9 Å². The van der Waals surface area contributed by atoms with Crippen molar-refractivity contribution in [1.82, 2.24) is 24.7 Å². The molecule has 1 saturated heterocycles. The van der Waals surface area contributed by atoms with Crippen LogP contribution >= 0.6 is 0 Å². The lowest BCUT2D eigenvalue weighted by Crippen LogP contribution is -2.37. The fourth-order valence-electron chi connectivity index (χ4n) is 3.31. The first-order valence-electron chi connectivity index (χ1n) is 8.52. The molecule has 7 nitrogen and oxygen atoms in total. The second-order valence-electron chi connectivity index (χ2n) is 6.24. The molecule has 1 aliphatic rings. The van der Waals surface area contributed by atoms with Gasteiger partial charge >= 0.3 is 0 Å². The highest BCUT2D eigenvalue weighted by atomic mass is 16.3. The molecule has 126 valence electrons. The fraction of sp³-hybridized carbons (Fsp3) is 0.471. The van der Waals surface area contributed by atoms with Crippen molar-refractivity contribution in [3.8, 4) is 0 Å². The summed E-state index contributed by atoms with van der Waals surface area (Å²) in [5.74, 6) is 2.61. The molecule has 1 aliphatic heterocycles. The van der Waals surface area contributed by atoms with E-state index in [0.717, 1.165) is 42.7 Å². The van der Waals surface area contributed by atoms with E-state index in [1.165, 1.54) is 19.3 Å². The van der Waals surface area contributed by atoms with Gasteiger partial charge < -0.3 is 9.73 Å². The predicted octanol–water partition coefficient (Wildman–Crippen LogP) is 2.66. The number of nitrogens with zero attached hydrogens (tertiary/aromatic N) is 5. The van der Waals surface area contributed by atoms with E-state index in [9.17, 15) is 0 Å². The Morgan fingerprint density at radius 1 is 1.17 bits per heavy atom. The Labute approximate surface area is 140 Å². The maximum atomic E-state index is 5.69. The van der Waals surface area contributed by atoms with Crippen molar-refractivity contribution in [2.75, 3.05) is 25.0 Å². The molecular formula is C17H22N6O. The van der Waals surface area contributed by atoms with Gasteiger partial charge in [0.1, 0.15) is 11.6 Å². The van der Waals surface area contributed by atoms with Gasteiger partial charge in [0.2, 0.25) is 0 Å². The Morgan fingerprint density at radius 2 is 2.04 bits per heavy atom. The van der Waals surface area contributed by atoms with E-state index in [4.69, 9.17) is 4.42 Å². The van der Waals surface area contributed by atoms with E-state index >= 15 is 0 Å². The fourth-order valence-corrected chi connectivity index (χ4v) is 3.31. The molecule has 3 aromatic heterocycles. The van der Waals surface area contributed by atoms with Crippen molar-refractivity contribution >= 4 is 11.5 Å². The molecule has 0 aromatic carbocycles. The zero-order valence-corrected chi connectivity index (χ0v) is 13.9. The standard InChI is InChI=1S/C17H22N6O/c1-13-19-20-17-8-7-16(21-23(13)17)18-12-14(15-6-5-11-24-15)22-9-3-2-4-10-22/h5-8,11,14H,2-4,9-10,12H2,1H3,(H,18,21). The molecule has 0 bridgehead atoms. The monoisotopic (exact) mass is 326 g/mol. The van der Waals surface area contributed by atoms with Crippen LogP contribution in [0.15, 0.2) is 34.9 Å². The summed E-state index contributed by atoms with van der Waals surface area (Å²) in [5, 5.41) is 16.1. The van der Waals surface area contributed by atoms with E-state index in [0.29, 0.717) is 0 Å². The molecule has 4 heterocycles. The SMILES string of the molecule is Cc1nnc2ccc(NCC(c3ccco3)N3CCCCC3)nn12. The number of rotatable bonds is 5. The van der Waals surface area contributed by atoms with Crippen LogP contribution in [0.3, 0.4) is 0 Å². The third kappa shape index (κ3) is 2.99. The molecule has 0 amide bonds. The van der Waals surface area contributed by atoms with Crippen molar-refractivity contribution in [2.45, 2.75) is 32.2 Å². The van der Waals surface area contributed by atoms with Gasteiger partial charge in [-0.3, -0.25) is 4.90 Å². The second kappa shape index (κ2) is 6.60. The largest absolute Gasteiger partial charge is 0.468 e. The number of anilines is 1. The molecule has 3 aromatic rings. The number of nitrogens with one attached hydrogen (secondary N) is 1. The minimum atomic E-state index is 0.222. The van der Waals surface area contributed by atoms with E-state index in [1.807, 2.05) is 25.1 Å². The predicted molar refractivity (Wildman–Crippen MR) is 90.9 cm³/mol. The highest BCUT2D eigenvalue weighted by Gasteiger charge is 2.24. The maximum absolute atomic E-state index is 5.69. The Balaban J connectivity index is 1.52. The molecule has 0 spiro atoms. The zero-order chi connectivity index (χ0) is 16.4. The van der Waals surface area contributed by atoms with Crippen molar-refractivity contribution in [3.63, 3.8) is 0 Å². The van der Waals surface area contributed by atoms with E-state index in [1.54, 1.807) is 10.8 Å². The molecule has 1 unspecified atom stereocenters. The second-order valence-corrected chi connectivity index (χ2v) is 6.24. The third-order valence-electron chi connectivity index (χ3n) is 4.60. The van der Waals surface area contributed by atoms with Crippen LogP contribution in [0, 0.1) is 6.92 Å². The summed E-state index contributed by atoms with van der Waals surface area (Å²) in [7, 11) is 0. The van der Waals surface area contributed by atoms with Crippen LogP contribution in [0.2, 0.25) is 0 Å². The van der Waals surface area contributed by atoms with Crippen molar-refractivity contribution < 1.29 is 4.42 Å². The molecule has 1 fully saturated rings. The Bertz CT molecular complexity index is 791. The van der Waals surface area contributed by atoms with Crippen LogP contribution in [0.5, 0.6) is 0 Å². The van der Waals surface area contributed by atoms with Crippen molar-refractivity contribution in [2.24, 2.45) is 0 Å². The highest BCUT2D eigenvalue weighted by molar-refractivity contribution is 5.44. The molecule has 0 radical (unpaired) electrons. The quantitative estimate of drug-likeness (QED) is 0.777. The number of likely N-dealkylation sites (tertiary alicyclic amines) is 1. The van der Waals surface area contributed by atoms with Gasteiger partial charge in [-0.15, -0.1) is 15.3 Å². The first kappa shape index (κ1) is 15.1. The lowest BCUT2D eigenvalue weighted by Gasteiger charge is -2.33. The van der Waals surface area contributed by atoms with Gasteiger partial charge in [-0.25, -0.2) is 0 Å². The van der Waals surface area contributed by atoms with Crippen LogP contribution in [-0.4, -0.2) is 44.3 Å². The molecule has 1 atom stereocenters. The Kier molecular flexibility index (Phi) is 4.17. The first-order chi connectivity index (χ1) is 11.8. The molecule has 1 N–H and O–H groups in total. The van der Waals surface area contributed by atoms with Crippen LogP contribution in [0.4, 0.5) is 5.82 Å². The summed E-state index contributed by atoms with van der Waals surface area (Å²) in [4.78, 5) is 2.50. The average molecular weight is 326 g/mol. The molecule has 0 aliphatic carbocycles. The van der Waals surface area contributed by atoms with Gasteiger partial charge in [-0.2, -0.15) is 4.52 Å². The summed E-state index contributed by atoms with van der Waals surface area (Å²) in [5.41, 5.74) is 0.761. The Morgan fingerprint density at radius 3 is 2.83 bits per heavy atom. The van der Waals surface area contributed by atoms with E-state index in [2.05, 4.69) is 31.6 Å². The number of aromatic nitrogens is 4. The van der Waals surface area contributed by atoms with E-state index < -0.39 is 0 Å². The van der Waals surface area contributed by atoms with Crippen LogP contribution in [-0.2, 0) is 0 Å². The highest BCUT2D eigenvalue weighted by Crippen LogP contribution is 2.25. The van der Waals surface area contributed by atoms with Crippen molar-refractivity contribution in [1.29, 1.82) is 0 Å². The number of hydrogen-bond acceptors (Lipinski definition) is 6. The van der Waals surface area contributed by atoms with Gasteiger partial charge in [0.15, 0.2) is 11.5 Å². The summed E-state index contributed by atoms with van der Waals surface area (Å²) < 4.78 is 7.44. The van der Waals surface area contributed by atoms with Gasteiger partial charge in [0.25, 0.3) is 0 Å². The summed E-state index contributed by atoms with van der Waals surface area (Å²) >= 11 is 0. The number of furan rings is 1. The molecule has 0 saturated carbocycles. The third-order valence-corrected chi connectivity index (χ3v) is 4.60. The van der Waals surface area contributed by atoms with Gasteiger partial charge in [0, 0.05) is 6.54 Å². The van der Waals surface area contributed by atoms with Gasteiger partial charge in [0.05, 0.1) is 12.3 Å². The van der Waals surface area contributed by atoms with Gasteiger partial charge in [-0.1, -0.05) is 6.42 Å². The molecule has 7 heteroatoms. The Hall–Kier alpha value is -2.41. The van der Waals surface area contributed by atoms with Crippen LogP contribution < -0.4 is 5.32 Å². The summed E-state index contributed by atoms with van der Waals surface area (Å²) in [6.07, 6.45) is 5.57. The average Bonchev–Trinajstić information content (AvgIpc) is 3.27. The number of fused-ring (bicyclic) bond motifs is 1. The van der Waals surface area contributed by atoms with E-state index in [-0.39, 0.29) is 6.04 Å².